The number of aliphatic imine (C=N–C) groups is 1. The van der Waals surface area contributed by atoms with Crippen LogP contribution in [0.4, 0.5) is 0 Å². The van der Waals surface area contributed by atoms with E-state index in [-0.39, 0.29) is 5.75 Å². The van der Waals surface area contributed by atoms with Crippen molar-refractivity contribution in [2.45, 2.75) is 33.6 Å². The highest BCUT2D eigenvalue weighted by Crippen LogP contribution is 2.29. The van der Waals surface area contributed by atoms with Gasteiger partial charge in [-0.05, 0) is 37.3 Å². The second-order valence-electron chi connectivity index (χ2n) is 6.23. The fraction of sp³-hybridized carbons (Fsp3) is 0.632. The van der Waals surface area contributed by atoms with Gasteiger partial charge in [-0.15, -0.1) is 0 Å². The number of phenols is 1. The van der Waals surface area contributed by atoms with E-state index in [1.807, 2.05) is 19.1 Å². The van der Waals surface area contributed by atoms with Crippen molar-refractivity contribution in [3.8, 4) is 11.5 Å². The fourth-order valence-electron chi connectivity index (χ4n) is 2.27. The predicted octanol–water partition coefficient (Wildman–Crippen LogP) is 2.56. The lowest BCUT2D eigenvalue weighted by molar-refractivity contribution is 0.109. The van der Waals surface area contributed by atoms with Crippen LogP contribution in [-0.4, -0.2) is 51.0 Å². The van der Waals surface area contributed by atoms with Crippen molar-refractivity contribution in [2.75, 3.05) is 40.0 Å². The molecule has 1 aromatic carbocycles. The van der Waals surface area contributed by atoms with Crippen LogP contribution >= 0.6 is 0 Å². The first-order valence-electron chi connectivity index (χ1n) is 9.03. The quantitative estimate of drug-likeness (QED) is 0.325. The number of phenolic OH excluding ortho intramolecular Hbond substituents is 1. The molecule has 3 N–H and O–H groups in total. The normalized spacial score (nSPS) is 11.6. The van der Waals surface area contributed by atoms with Crippen LogP contribution in [0.3, 0.4) is 0 Å². The van der Waals surface area contributed by atoms with Crippen molar-refractivity contribution in [1.82, 2.24) is 10.6 Å². The van der Waals surface area contributed by atoms with E-state index in [9.17, 15) is 5.11 Å². The zero-order valence-electron chi connectivity index (χ0n) is 16.0. The molecule has 142 valence electrons. The second kappa shape index (κ2) is 12.4. The molecule has 0 heterocycles. The van der Waals surface area contributed by atoms with Gasteiger partial charge in [-0.1, -0.05) is 26.0 Å². The van der Waals surface area contributed by atoms with Crippen LogP contribution in [0.1, 0.15) is 32.8 Å². The highest BCUT2D eigenvalue weighted by molar-refractivity contribution is 5.79. The number of aromatic hydroxyl groups is 1. The molecule has 0 aliphatic carbocycles. The van der Waals surface area contributed by atoms with Gasteiger partial charge < -0.3 is 25.2 Å². The van der Waals surface area contributed by atoms with Gasteiger partial charge in [-0.25, -0.2) is 0 Å². The number of rotatable bonds is 11. The number of nitrogens with zero attached hydrogens (tertiary/aromatic N) is 1. The minimum absolute atomic E-state index is 0.205. The molecule has 0 radical (unpaired) electrons. The predicted molar refractivity (Wildman–Crippen MR) is 103 cm³/mol. The number of methoxy groups -OCH3 is 1. The summed E-state index contributed by atoms with van der Waals surface area (Å²) in [4.78, 5) is 4.54. The van der Waals surface area contributed by atoms with Gasteiger partial charge in [0.05, 0.1) is 7.11 Å². The molecule has 6 nitrogen and oxygen atoms in total. The molecule has 25 heavy (non-hydrogen) atoms. The Balaban J connectivity index is 2.38. The minimum atomic E-state index is 0.205. The molecule has 0 saturated carbocycles. The van der Waals surface area contributed by atoms with E-state index in [1.54, 1.807) is 13.2 Å². The molecule has 1 aromatic rings. The van der Waals surface area contributed by atoms with Crippen LogP contribution in [0.25, 0.3) is 0 Å². The average Bonchev–Trinajstić information content (AvgIpc) is 2.59. The fourth-order valence-corrected chi connectivity index (χ4v) is 2.27. The molecule has 0 unspecified atom stereocenters. The topological polar surface area (TPSA) is 75.1 Å². The molecule has 0 fully saturated rings. The van der Waals surface area contributed by atoms with Crippen molar-refractivity contribution in [2.24, 2.45) is 10.9 Å². The van der Waals surface area contributed by atoms with E-state index in [1.165, 1.54) is 0 Å². The van der Waals surface area contributed by atoms with Gasteiger partial charge in [0.2, 0.25) is 0 Å². The van der Waals surface area contributed by atoms with Gasteiger partial charge in [-0.3, -0.25) is 4.99 Å². The number of ether oxygens (including phenoxy) is 2. The van der Waals surface area contributed by atoms with Gasteiger partial charge in [-0.2, -0.15) is 0 Å². The van der Waals surface area contributed by atoms with Gasteiger partial charge in [0, 0.05) is 32.8 Å². The molecule has 0 aliphatic heterocycles. The maximum atomic E-state index is 10.1. The van der Waals surface area contributed by atoms with Gasteiger partial charge in [0.1, 0.15) is 0 Å². The highest BCUT2D eigenvalue weighted by Gasteiger charge is 2.07. The van der Waals surface area contributed by atoms with Crippen molar-refractivity contribution < 1.29 is 14.6 Å². The lowest BCUT2D eigenvalue weighted by atomic mass is 10.1. The highest BCUT2D eigenvalue weighted by atomic mass is 16.5. The average molecular weight is 351 g/mol. The van der Waals surface area contributed by atoms with Crippen LogP contribution in [0.15, 0.2) is 23.2 Å². The zero-order valence-corrected chi connectivity index (χ0v) is 16.0. The summed E-state index contributed by atoms with van der Waals surface area (Å²) >= 11 is 0. The first-order valence-corrected chi connectivity index (χ1v) is 9.03. The van der Waals surface area contributed by atoms with E-state index in [0.29, 0.717) is 24.6 Å². The first kappa shape index (κ1) is 21.1. The smallest absolute Gasteiger partial charge is 0.191 e. The van der Waals surface area contributed by atoms with Crippen molar-refractivity contribution in [1.29, 1.82) is 0 Å². The SMILES string of the molecule is CCNC(=NCCCOCC(C)C)NCCc1cccc(OC)c1O. The molecule has 0 bridgehead atoms. The summed E-state index contributed by atoms with van der Waals surface area (Å²) < 4.78 is 10.7. The molecule has 6 heteroatoms. The number of hydrogen-bond acceptors (Lipinski definition) is 4. The summed E-state index contributed by atoms with van der Waals surface area (Å²) in [7, 11) is 1.55. The number of guanidine groups is 1. The van der Waals surface area contributed by atoms with E-state index in [0.717, 1.165) is 44.2 Å². The Morgan fingerprint density at radius 2 is 2.08 bits per heavy atom. The van der Waals surface area contributed by atoms with Gasteiger partial charge >= 0.3 is 0 Å². The zero-order chi connectivity index (χ0) is 18.5. The lowest BCUT2D eigenvalue weighted by Gasteiger charge is -2.13. The van der Waals surface area contributed by atoms with Crippen LogP contribution in [0.2, 0.25) is 0 Å². The molecule has 1 rings (SSSR count). The molecule has 0 spiro atoms. The number of nitrogens with one attached hydrogen (secondary N) is 2. The molecule has 0 saturated heterocycles. The Hall–Kier alpha value is -1.95. The van der Waals surface area contributed by atoms with E-state index in [2.05, 4.69) is 29.5 Å². The summed E-state index contributed by atoms with van der Waals surface area (Å²) in [6.45, 7) is 10.1. The molecule has 0 aliphatic rings. The largest absolute Gasteiger partial charge is 0.504 e. The van der Waals surface area contributed by atoms with Crippen LogP contribution in [0, 0.1) is 5.92 Å². The summed E-state index contributed by atoms with van der Waals surface area (Å²) in [5.74, 6) is 2.06. The standard InChI is InChI=1S/C19H33N3O3/c1-5-20-19(21-11-7-13-25-14-15(2)3)22-12-10-16-8-6-9-17(24-4)18(16)23/h6,8-9,15,23H,5,7,10-14H2,1-4H3,(H2,20,21,22). The number of benzene rings is 1. The maximum Gasteiger partial charge on any atom is 0.191 e. The van der Waals surface area contributed by atoms with Crippen molar-refractivity contribution in [3.63, 3.8) is 0 Å². The van der Waals surface area contributed by atoms with Crippen LogP contribution in [0.5, 0.6) is 11.5 Å². The summed E-state index contributed by atoms with van der Waals surface area (Å²) in [5, 5.41) is 16.6. The molecule has 0 atom stereocenters. The van der Waals surface area contributed by atoms with Gasteiger partial charge in [0.25, 0.3) is 0 Å². The third-order valence-electron chi connectivity index (χ3n) is 3.50. The summed E-state index contributed by atoms with van der Waals surface area (Å²) in [6.07, 6.45) is 1.59. The second-order valence-corrected chi connectivity index (χ2v) is 6.23. The summed E-state index contributed by atoms with van der Waals surface area (Å²) in [5.41, 5.74) is 0.852. The lowest BCUT2D eigenvalue weighted by Crippen LogP contribution is -2.38. The Kier molecular flexibility index (Phi) is 10.5. The van der Waals surface area contributed by atoms with E-state index in [4.69, 9.17) is 9.47 Å². The third-order valence-corrected chi connectivity index (χ3v) is 3.50. The van der Waals surface area contributed by atoms with Crippen molar-refractivity contribution in [3.05, 3.63) is 23.8 Å². The van der Waals surface area contributed by atoms with Crippen molar-refractivity contribution >= 4 is 5.96 Å². The molecular weight excluding hydrogens is 318 g/mol. The summed E-state index contributed by atoms with van der Waals surface area (Å²) in [6, 6.07) is 5.53. The molecular formula is C19H33N3O3. The van der Waals surface area contributed by atoms with E-state index < -0.39 is 0 Å². The van der Waals surface area contributed by atoms with Crippen LogP contribution < -0.4 is 15.4 Å². The van der Waals surface area contributed by atoms with Gasteiger partial charge in [0.15, 0.2) is 17.5 Å². The number of hydrogen-bond donors (Lipinski definition) is 3. The molecule has 0 amide bonds. The number of para-hydroxylation sites is 1. The minimum Gasteiger partial charge on any atom is -0.504 e. The first-order chi connectivity index (χ1) is 12.1. The maximum absolute atomic E-state index is 10.1. The molecule has 0 aromatic heterocycles. The monoisotopic (exact) mass is 351 g/mol. The Labute approximate surface area is 151 Å². The van der Waals surface area contributed by atoms with Crippen LogP contribution in [-0.2, 0) is 11.2 Å². The Morgan fingerprint density at radius 1 is 1.28 bits per heavy atom. The Morgan fingerprint density at radius 3 is 2.76 bits per heavy atom. The van der Waals surface area contributed by atoms with E-state index >= 15 is 0 Å². The third kappa shape index (κ3) is 8.63. The Bertz CT molecular complexity index is 519.